The fourth-order valence-corrected chi connectivity index (χ4v) is 12.6. The molecule has 21 atom stereocenters. The molecule has 5 saturated heterocycles. The third kappa shape index (κ3) is 24.0. The van der Waals surface area contributed by atoms with Gasteiger partial charge >= 0.3 is 23.9 Å². The van der Waals surface area contributed by atoms with Gasteiger partial charge in [0.05, 0.1) is 30.5 Å². The number of unbranched alkanes of at least 4 members (excludes halogenated alkanes) is 14. The van der Waals surface area contributed by atoms with E-state index in [2.05, 4.69) is 20.8 Å². The van der Waals surface area contributed by atoms with Crippen molar-refractivity contribution in [1.29, 1.82) is 0 Å². The number of fused-ring (bicyclic) bond motifs is 2. The molecule has 1 aromatic rings. The molecule has 5 N–H and O–H groups in total. The number of carbonyl (C=O) groups excluding carboxylic acids is 4. The van der Waals surface area contributed by atoms with Crippen LogP contribution in [0.4, 0.5) is 0 Å². The Morgan fingerprint density at radius 1 is 0.478 bits per heavy atom. The van der Waals surface area contributed by atoms with E-state index in [4.69, 9.17) is 56.8 Å². The lowest BCUT2D eigenvalue weighted by Crippen LogP contribution is -2.67. The summed E-state index contributed by atoms with van der Waals surface area (Å²) in [5.41, 5.74) is 0.692. The van der Waals surface area contributed by atoms with Crippen LogP contribution in [0.25, 0.3) is 6.08 Å². The molecule has 0 spiro atoms. The maximum atomic E-state index is 14.0. The smallest absolute Gasteiger partial charge is 0.331 e. The van der Waals surface area contributed by atoms with Crippen molar-refractivity contribution in [3.8, 4) is 0 Å². The van der Waals surface area contributed by atoms with E-state index in [1.54, 1.807) is 52.0 Å². The topological polar surface area (TPSA) is 280 Å². The Morgan fingerprint density at radius 2 is 0.956 bits per heavy atom. The lowest BCUT2D eigenvalue weighted by Gasteiger charge is -2.49. The number of benzene rings is 1. The number of aliphatic hydroxyl groups excluding tert-OH is 5. The van der Waals surface area contributed by atoms with Gasteiger partial charge in [-0.1, -0.05) is 186 Å². The molecule has 5 fully saturated rings. The Hall–Kier alpha value is -3.68. The largest absolute Gasteiger partial charge is 0.457 e. The van der Waals surface area contributed by atoms with Crippen molar-refractivity contribution in [3.05, 3.63) is 42.0 Å². The predicted molar refractivity (Wildman–Crippen MR) is 333 cm³/mol. The number of carbonyl (C=O) groups is 4. The van der Waals surface area contributed by atoms with Crippen molar-refractivity contribution in [1.82, 2.24) is 0 Å². The van der Waals surface area contributed by atoms with Gasteiger partial charge in [0.25, 0.3) is 0 Å². The van der Waals surface area contributed by atoms with E-state index in [1.165, 1.54) is 12.2 Å². The van der Waals surface area contributed by atoms with E-state index in [0.29, 0.717) is 24.8 Å². The molecule has 5 heterocycles. The molecule has 514 valence electrons. The summed E-state index contributed by atoms with van der Waals surface area (Å²) in [7, 11) is 0. The van der Waals surface area contributed by atoms with Crippen LogP contribution in [0, 0.1) is 0 Å². The average Bonchev–Trinajstić information content (AvgIpc) is 0.885. The molecule has 0 bridgehead atoms. The maximum absolute atomic E-state index is 14.0. The number of esters is 4. The number of hydrogen-bond acceptors (Lipinski definition) is 21. The quantitative estimate of drug-likeness (QED) is 0.0216. The van der Waals surface area contributed by atoms with Gasteiger partial charge in [-0.05, 0) is 71.4 Å². The molecule has 21 heteroatoms. The highest BCUT2D eigenvalue weighted by atomic mass is 16.8. The monoisotopic (exact) mass is 1280 g/mol. The summed E-state index contributed by atoms with van der Waals surface area (Å²) >= 11 is 0. The Labute approximate surface area is 535 Å². The highest BCUT2D eigenvalue weighted by Crippen LogP contribution is 2.38. The number of ether oxygens (including phenoxy) is 12. The van der Waals surface area contributed by atoms with Crippen LogP contribution in [0.15, 0.2) is 36.4 Å². The van der Waals surface area contributed by atoms with Gasteiger partial charge < -0.3 is 82.4 Å². The van der Waals surface area contributed by atoms with E-state index < -0.39 is 147 Å². The van der Waals surface area contributed by atoms with Crippen LogP contribution in [0.1, 0.15) is 240 Å². The first-order valence-corrected chi connectivity index (χ1v) is 34.6. The summed E-state index contributed by atoms with van der Waals surface area (Å²) in [5.74, 6) is -2.80. The molecule has 0 aliphatic carbocycles. The molecular formula is C69H112O21. The van der Waals surface area contributed by atoms with E-state index in [1.807, 2.05) is 6.07 Å². The fourth-order valence-electron chi connectivity index (χ4n) is 12.6. The van der Waals surface area contributed by atoms with Gasteiger partial charge in [-0.25, -0.2) is 4.79 Å². The van der Waals surface area contributed by atoms with Gasteiger partial charge in [-0.15, -0.1) is 0 Å². The van der Waals surface area contributed by atoms with Gasteiger partial charge in [-0.3, -0.25) is 14.4 Å². The van der Waals surface area contributed by atoms with Crippen LogP contribution in [0.2, 0.25) is 0 Å². The first-order chi connectivity index (χ1) is 43.4. The standard InChI is InChI=1S/C69H112O21/c1-8-11-14-16-19-24-32-39-50(70)84-59-45(5)80-67(63(56(59)76)87-53(73)43-42-48-35-29-27-30-36-48)88-60-46(6)81-68(64(57(60)77)85-51(71)40-33-25-20-17-15-12-9-2)89-61-47(7)82-69-65(58(61)78)86-52(72)41-34-26-22-18-21-23-31-38-49(37-28-13-10-3)83-66-62(90-69)55(75)54(74)44(4)79-66/h27,29-30,35-36,42-47,49,54-69,74-78H,8-26,28,31-34,37-41H2,1-7H3/b43-42+. The van der Waals surface area contributed by atoms with Crippen molar-refractivity contribution in [2.24, 2.45) is 0 Å². The van der Waals surface area contributed by atoms with Crippen molar-refractivity contribution < 1.29 is 102 Å². The Kier molecular flexibility index (Phi) is 33.9. The first kappa shape index (κ1) is 75.3. The molecule has 6 rings (SSSR count). The lowest BCUT2D eigenvalue weighted by atomic mass is 9.95. The normalized spacial score (nSPS) is 35.1. The minimum absolute atomic E-state index is 0.0112. The van der Waals surface area contributed by atoms with Crippen LogP contribution >= 0.6 is 0 Å². The molecule has 0 amide bonds. The van der Waals surface area contributed by atoms with E-state index in [-0.39, 0.29) is 25.4 Å². The van der Waals surface area contributed by atoms with Gasteiger partial charge in [0.1, 0.15) is 48.8 Å². The third-order valence-corrected chi connectivity index (χ3v) is 18.0. The Balaban J connectivity index is 1.26. The fraction of sp³-hybridized carbons (Fsp3) is 0.826. The van der Waals surface area contributed by atoms with Crippen molar-refractivity contribution in [2.45, 2.75) is 364 Å². The van der Waals surface area contributed by atoms with Gasteiger partial charge in [0.2, 0.25) is 0 Å². The zero-order chi connectivity index (χ0) is 65.0. The number of hydrogen-bond donors (Lipinski definition) is 5. The molecule has 21 unspecified atom stereocenters. The second-order valence-corrected chi connectivity index (χ2v) is 25.6. The SMILES string of the molecule is CCCCCCCCCC(=O)OC1C(C)OC(OC2C(C)OC(OC3C(C)OC4OC5C(OC(CCCCC)CCCCCCCCCC(=O)OC4C3O)OC(C)C(O)C5O)C(OC(=O)CCCCCCCCC)C2O)C(OC(=O)/C=C/c2ccccc2)C1O. The van der Waals surface area contributed by atoms with Crippen molar-refractivity contribution in [3.63, 3.8) is 0 Å². The summed E-state index contributed by atoms with van der Waals surface area (Å²) in [6.07, 6.45) is -2.49. The third-order valence-electron chi connectivity index (χ3n) is 18.0. The number of rotatable bonds is 29. The van der Waals surface area contributed by atoms with E-state index in [0.717, 1.165) is 148 Å². The van der Waals surface area contributed by atoms with Crippen LogP contribution in [-0.4, -0.2) is 178 Å². The lowest BCUT2D eigenvalue weighted by molar-refractivity contribution is -0.387. The Bertz CT molecular complexity index is 2220. The average molecular weight is 1280 g/mol. The molecule has 1 aromatic carbocycles. The zero-order valence-electron chi connectivity index (χ0n) is 54.9. The molecule has 5 aliphatic heterocycles. The van der Waals surface area contributed by atoms with Gasteiger partial charge in [-0.2, -0.15) is 0 Å². The van der Waals surface area contributed by atoms with Crippen molar-refractivity contribution in [2.75, 3.05) is 0 Å². The van der Waals surface area contributed by atoms with Crippen LogP contribution in [0.3, 0.4) is 0 Å². The molecule has 0 aromatic heterocycles. The van der Waals surface area contributed by atoms with E-state index in [9.17, 15) is 44.7 Å². The highest BCUT2D eigenvalue weighted by molar-refractivity contribution is 5.87. The summed E-state index contributed by atoms with van der Waals surface area (Å²) in [5, 5.41) is 60.2. The first-order valence-electron chi connectivity index (χ1n) is 34.6. The summed E-state index contributed by atoms with van der Waals surface area (Å²) in [4.78, 5) is 54.8. The summed E-state index contributed by atoms with van der Waals surface area (Å²) in [6, 6.07) is 9.00. The number of aliphatic hydroxyl groups is 5. The van der Waals surface area contributed by atoms with Crippen LogP contribution in [0.5, 0.6) is 0 Å². The molecule has 21 nitrogen and oxygen atoms in total. The second kappa shape index (κ2) is 40.5. The summed E-state index contributed by atoms with van der Waals surface area (Å²) < 4.78 is 75.8. The van der Waals surface area contributed by atoms with Gasteiger partial charge in [0.15, 0.2) is 49.6 Å². The summed E-state index contributed by atoms with van der Waals surface area (Å²) in [6.45, 7) is 12.7. The molecule has 5 aliphatic rings. The van der Waals surface area contributed by atoms with Crippen molar-refractivity contribution >= 4 is 30.0 Å². The molecule has 0 radical (unpaired) electrons. The van der Waals surface area contributed by atoms with Crippen LogP contribution in [-0.2, 0) is 76.0 Å². The molecular weight excluding hydrogens is 1160 g/mol. The second-order valence-electron chi connectivity index (χ2n) is 25.6. The Morgan fingerprint density at radius 3 is 1.57 bits per heavy atom. The van der Waals surface area contributed by atoms with Crippen LogP contribution < -0.4 is 0 Å². The van der Waals surface area contributed by atoms with Gasteiger partial charge in [0, 0.05) is 25.3 Å². The molecule has 90 heavy (non-hydrogen) atoms. The predicted octanol–water partition coefficient (Wildman–Crippen LogP) is 10.1. The minimum atomic E-state index is -1.79. The minimum Gasteiger partial charge on any atom is -0.457 e. The highest BCUT2D eigenvalue weighted by Gasteiger charge is 2.57. The zero-order valence-corrected chi connectivity index (χ0v) is 54.9. The molecule has 0 saturated carbocycles. The maximum Gasteiger partial charge on any atom is 0.331 e. The van der Waals surface area contributed by atoms with E-state index >= 15 is 0 Å².